The molecule has 1 saturated heterocycles. The number of piperidine rings is 1. The molecule has 0 unspecified atom stereocenters. The fourth-order valence-electron chi connectivity index (χ4n) is 3.32. The van der Waals surface area contributed by atoms with Gasteiger partial charge in [-0.05, 0) is 35.4 Å². The molecular weight excluding hydrogens is 298 g/mol. The third kappa shape index (κ3) is 4.24. The molecule has 3 nitrogen and oxygen atoms in total. The summed E-state index contributed by atoms with van der Waals surface area (Å²) in [6.45, 7) is 2.52. The van der Waals surface area contributed by atoms with Gasteiger partial charge in [-0.3, -0.25) is 4.79 Å². The van der Waals surface area contributed by atoms with Crippen LogP contribution in [-0.2, 0) is 16.0 Å². The van der Waals surface area contributed by atoms with E-state index in [0.717, 1.165) is 38.1 Å². The van der Waals surface area contributed by atoms with Gasteiger partial charge in [-0.15, -0.1) is 0 Å². The zero-order chi connectivity index (χ0) is 16.8. The van der Waals surface area contributed by atoms with Crippen LogP contribution in [0.3, 0.4) is 0 Å². The van der Waals surface area contributed by atoms with E-state index in [0.29, 0.717) is 12.3 Å². The summed E-state index contributed by atoms with van der Waals surface area (Å²) in [5, 5.41) is 0. The number of likely N-dealkylation sites (tertiary alicyclic amines) is 1. The van der Waals surface area contributed by atoms with Crippen LogP contribution >= 0.6 is 0 Å². The van der Waals surface area contributed by atoms with Gasteiger partial charge in [0.2, 0.25) is 5.91 Å². The van der Waals surface area contributed by atoms with Crippen LogP contribution in [0.1, 0.15) is 18.4 Å². The molecule has 2 aromatic rings. The molecule has 2 aromatic carbocycles. The zero-order valence-electron chi connectivity index (χ0n) is 14.3. The van der Waals surface area contributed by atoms with Gasteiger partial charge in [0.05, 0.1) is 6.42 Å². The summed E-state index contributed by atoms with van der Waals surface area (Å²) in [5.41, 5.74) is 3.47. The van der Waals surface area contributed by atoms with Crippen LogP contribution < -0.4 is 0 Å². The van der Waals surface area contributed by atoms with Crippen LogP contribution in [0.25, 0.3) is 11.1 Å². The number of methoxy groups -OCH3 is 1. The number of carbonyl (C=O) groups is 1. The number of carbonyl (C=O) groups excluding carboxylic acids is 1. The number of ether oxygens (including phenoxy) is 1. The van der Waals surface area contributed by atoms with E-state index in [9.17, 15) is 4.79 Å². The average molecular weight is 323 g/mol. The summed E-state index contributed by atoms with van der Waals surface area (Å²) in [4.78, 5) is 14.5. The number of benzene rings is 2. The topological polar surface area (TPSA) is 29.5 Å². The summed E-state index contributed by atoms with van der Waals surface area (Å²) in [6, 6.07) is 18.6. The minimum absolute atomic E-state index is 0.235. The molecule has 0 spiro atoms. The monoisotopic (exact) mass is 323 g/mol. The van der Waals surface area contributed by atoms with Gasteiger partial charge >= 0.3 is 0 Å². The lowest BCUT2D eigenvalue weighted by Crippen LogP contribution is -2.40. The Hall–Kier alpha value is -2.13. The van der Waals surface area contributed by atoms with Crippen LogP contribution in [0.15, 0.2) is 54.6 Å². The minimum Gasteiger partial charge on any atom is -0.384 e. The van der Waals surface area contributed by atoms with Gasteiger partial charge in [0.15, 0.2) is 0 Å². The maximum atomic E-state index is 12.5. The van der Waals surface area contributed by atoms with Crippen molar-refractivity contribution in [2.75, 3.05) is 26.8 Å². The molecule has 3 heteroatoms. The molecular formula is C21H25NO2. The second-order valence-electron chi connectivity index (χ2n) is 6.52. The van der Waals surface area contributed by atoms with Crippen LogP contribution in [0.5, 0.6) is 0 Å². The Morgan fingerprint density at radius 3 is 2.25 bits per heavy atom. The summed E-state index contributed by atoms with van der Waals surface area (Å²) >= 11 is 0. The van der Waals surface area contributed by atoms with Crippen molar-refractivity contribution in [3.05, 3.63) is 60.2 Å². The standard InChI is InChI=1S/C21H25NO2/c1-24-16-18-11-13-22(14-12-18)21(23)15-17-7-9-20(10-8-17)19-5-3-2-4-6-19/h2-10,18H,11-16H2,1H3. The van der Waals surface area contributed by atoms with Gasteiger partial charge < -0.3 is 9.64 Å². The van der Waals surface area contributed by atoms with Gasteiger partial charge in [0, 0.05) is 26.8 Å². The largest absolute Gasteiger partial charge is 0.384 e. The van der Waals surface area contributed by atoms with Gasteiger partial charge in [-0.25, -0.2) is 0 Å². The lowest BCUT2D eigenvalue weighted by Gasteiger charge is -2.31. The molecule has 0 aromatic heterocycles. The smallest absolute Gasteiger partial charge is 0.226 e. The lowest BCUT2D eigenvalue weighted by atomic mass is 9.97. The van der Waals surface area contributed by atoms with E-state index in [1.165, 1.54) is 11.1 Å². The fourth-order valence-corrected chi connectivity index (χ4v) is 3.32. The second kappa shape index (κ2) is 8.11. The van der Waals surface area contributed by atoms with Crippen molar-refractivity contribution in [2.24, 2.45) is 5.92 Å². The molecule has 0 aliphatic carbocycles. The Labute approximate surface area is 144 Å². The Morgan fingerprint density at radius 1 is 1.00 bits per heavy atom. The van der Waals surface area contributed by atoms with Crippen LogP contribution in [0.2, 0.25) is 0 Å². The number of nitrogens with zero attached hydrogens (tertiary/aromatic N) is 1. The van der Waals surface area contributed by atoms with E-state index in [4.69, 9.17) is 4.74 Å². The number of hydrogen-bond acceptors (Lipinski definition) is 2. The van der Waals surface area contributed by atoms with Crippen LogP contribution in [0, 0.1) is 5.92 Å². The van der Waals surface area contributed by atoms with Crippen LogP contribution in [0.4, 0.5) is 0 Å². The summed E-state index contributed by atoms with van der Waals surface area (Å²) in [5.74, 6) is 0.836. The van der Waals surface area contributed by atoms with E-state index >= 15 is 0 Å². The maximum Gasteiger partial charge on any atom is 0.226 e. The highest BCUT2D eigenvalue weighted by molar-refractivity contribution is 5.79. The third-order valence-electron chi connectivity index (χ3n) is 4.79. The minimum atomic E-state index is 0.235. The molecule has 3 rings (SSSR count). The van der Waals surface area contributed by atoms with E-state index in [1.807, 2.05) is 23.1 Å². The highest BCUT2D eigenvalue weighted by Gasteiger charge is 2.22. The maximum absolute atomic E-state index is 12.5. The lowest BCUT2D eigenvalue weighted by molar-refractivity contribution is -0.132. The van der Waals surface area contributed by atoms with Gasteiger partial charge in [0.1, 0.15) is 0 Å². The van der Waals surface area contributed by atoms with Crippen molar-refractivity contribution < 1.29 is 9.53 Å². The van der Waals surface area contributed by atoms with E-state index in [2.05, 4.69) is 36.4 Å². The third-order valence-corrected chi connectivity index (χ3v) is 4.79. The molecule has 1 aliphatic heterocycles. The first-order valence-electron chi connectivity index (χ1n) is 8.67. The van der Waals surface area contributed by atoms with E-state index < -0.39 is 0 Å². The Bertz CT molecular complexity index is 643. The molecule has 1 heterocycles. The molecule has 24 heavy (non-hydrogen) atoms. The highest BCUT2D eigenvalue weighted by Crippen LogP contribution is 2.21. The average Bonchev–Trinajstić information content (AvgIpc) is 2.64. The first kappa shape index (κ1) is 16.7. The first-order chi connectivity index (χ1) is 11.8. The molecule has 1 aliphatic rings. The van der Waals surface area contributed by atoms with E-state index in [1.54, 1.807) is 7.11 Å². The van der Waals surface area contributed by atoms with Crippen molar-refractivity contribution in [3.63, 3.8) is 0 Å². The molecule has 1 amide bonds. The zero-order valence-corrected chi connectivity index (χ0v) is 14.3. The Morgan fingerprint density at radius 2 is 1.62 bits per heavy atom. The molecule has 0 N–H and O–H groups in total. The van der Waals surface area contributed by atoms with Crippen molar-refractivity contribution >= 4 is 5.91 Å². The van der Waals surface area contributed by atoms with Gasteiger partial charge in [0.25, 0.3) is 0 Å². The number of amides is 1. The second-order valence-corrected chi connectivity index (χ2v) is 6.52. The van der Waals surface area contributed by atoms with E-state index in [-0.39, 0.29) is 5.91 Å². The fraction of sp³-hybridized carbons (Fsp3) is 0.381. The molecule has 126 valence electrons. The predicted octanol–water partition coefficient (Wildman–Crippen LogP) is 3.78. The molecule has 1 fully saturated rings. The SMILES string of the molecule is COCC1CCN(C(=O)Cc2ccc(-c3ccccc3)cc2)CC1. The number of rotatable bonds is 5. The van der Waals surface area contributed by atoms with Gasteiger partial charge in [-0.2, -0.15) is 0 Å². The first-order valence-corrected chi connectivity index (χ1v) is 8.67. The summed E-state index contributed by atoms with van der Waals surface area (Å²) in [6.07, 6.45) is 2.59. The molecule has 0 radical (unpaired) electrons. The molecule has 0 atom stereocenters. The molecule has 0 saturated carbocycles. The number of hydrogen-bond donors (Lipinski definition) is 0. The predicted molar refractivity (Wildman–Crippen MR) is 96.8 cm³/mol. The van der Waals surface area contributed by atoms with Crippen molar-refractivity contribution in [1.29, 1.82) is 0 Å². The molecule has 0 bridgehead atoms. The Kier molecular flexibility index (Phi) is 5.65. The van der Waals surface area contributed by atoms with Crippen molar-refractivity contribution in [3.8, 4) is 11.1 Å². The quantitative estimate of drug-likeness (QED) is 0.838. The van der Waals surface area contributed by atoms with Crippen molar-refractivity contribution in [2.45, 2.75) is 19.3 Å². The van der Waals surface area contributed by atoms with Crippen molar-refractivity contribution in [1.82, 2.24) is 4.90 Å². The summed E-state index contributed by atoms with van der Waals surface area (Å²) in [7, 11) is 1.75. The Balaban J connectivity index is 1.55. The van der Waals surface area contributed by atoms with Gasteiger partial charge in [-0.1, -0.05) is 54.6 Å². The summed E-state index contributed by atoms with van der Waals surface area (Å²) < 4.78 is 5.22. The normalized spacial score (nSPS) is 15.5. The highest BCUT2D eigenvalue weighted by atomic mass is 16.5. The van der Waals surface area contributed by atoms with Crippen LogP contribution in [-0.4, -0.2) is 37.6 Å².